The molecule has 4 rings (SSSR count). The molecule has 0 bridgehead atoms. The van der Waals surface area contributed by atoms with E-state index in [0.717, 1.165) is 28.5 Å². The van der Waals surface area contributed by atoms with Gasteiger partial charge >= 0.3 is 0 Å². The van der Waals surface area contributed by atoms with Crippen LogP contribution in [0.1, 0.15) is 69.6 Å². The van der Waals surface area contributed by atoms with Crippen LogP contribution in [-0.4, -0.2) is 37.1 Å². The first-order valence-electron chi connectivity index (χ1n) is 12.2. The number of anilines is 1. The van der Waals surface area contributed by atoms with Gasteiger partial charge in [-0.25, -0.2) is 4.99 Å². The van der Waals surface area contributed by atoms with Crippen LogP contribution in [0.3, 0.4) is 0 Å². The van der Waals surface area contributed by atoms with Crippen molar-refractivity contribution < 1.29 is 9.22 Å². The molecule has 1 saturated heterocycles. The Balaban J connectivity index is 1.92. The van der Waals surface area contributed by atoms with Crippen LogP contribution < -0.4 is 4.90 Å². The number of hydrogen-bond donors (Lipinski definition) is 0. The highest BCUT2D eigenvalue weighted by atomic mass is 28.4. The van der Waals surface area contributed by atoms with Gasteiger partial charge in [-0.2, -0.15) is 0 Å². The smallest absolute Gasteiger partial charge is 0.203 e. The summed E-state index contributed by atoms with van der Waals surface area (Å²) >= 11 is 0. The Labute approximate surface area is 199 Å². The van der Waals surface area contributed by atoms with E-state index in [1.165, 1.54) is 0 Å². The second-order valence-electron chi connectivity index (χ2n) is 10.6. The van der Waals surface area contributed by atoms with Gasteiger partial charge in [-0.3, -0.25) is 9.78 Å². The lowest BCUT2D eigenvalue weighted by atomic mass is 9.87. The van der Waals surface area contributed by atoms with Gasteiger partial charge in [-0.05, 0) is 54.7 Å². The summed E-state index contributed by atoms with van der Waals surface area (Å²) in [5.41, 5.74) is 4.47. The number of nitrogens with zero attached hydrogens (tertiary/aromatic N) is 3. The van der Waals surface area contributed by atoms with Gasteiger partial charge in [0.25, 0.3) is 0 Å². The van der Waals surface area contributed by atoms with Crippen LogP contribution in [0.2, 0.25) is 16.6 Å². The molecule has 0 unspecified atom stereocenters. The zero-order valence-corrected chi connectivity index (χ0v) is 22.3. The number of carbonyl (C=O) groups is 1. The summed E-state index contributed by atoms with van der Waals surface area (Å²) in [6.07, 6.45) is 2.48. The number of hydrogen-bond acceptors (Lipinski definition) is 5. The van der Waals surface area contributed by atoms with Crippen LogP contribution in [0.15, 0.2) is 41.5 Å². The van der Waals surface area contributed by atoms with E-state index in [1.54, 1.807) is 0 Å². The van der Waals surface area contributed by atoms with Crippen LogP contribution >= 0.6 is 0 Å². The maximum Gasteiger partial charge on any atom is 0.203 e. The number of rotatable bonds is 6. The number of aliphatic imine (C=N–C) groups is 1. The van der Waals surface area contributed by atoms with E-state index in [-0.39, 0.29) is 5.78 Å². The fourth-order valence-corrected chi connectivity index (χ4v) is 11.6. The fourth-order valence-electron chi connectivity index (χ4n) is 6.00. The molecule has 0 N–H and O–H groups in total. The first-order valence-corrected chi connectivity index (χ1v) is 14.3. The number of carbonyl (C=O) groups excluding carboxylic acids is 1. The maximum absolute atomic E-state index is 14.3. The van der Waals surface area contributed by atoms with E-state index in [9.17, 15) is 4.79 Å². The number of benzene rings is 1. The molecule has 2 aliphatic heterocycles. The third kappa shape index (κ3) is 3.68. The van der Waals surface area contributed by atoms with E-state index in [2.05, 4.69) is 57.5 Å². The van der Waals surface area contributed by atoms with Gasteiger partial charge in [0.2, 0.25) is 14.1 Å². The minimum absolute atomic E-state index is 0.0626. The van der Waals surface area contributed by atoms with Crippen molar-refractivity contribution >= 4 is 31.3 Å². The number of pyridine rings is 1. The van der Waals surface area contributed by atoms with Crippen molar-refractivity contribution in [3.05, 3.63) is 53.3 Å². The molecule has 0 aliphatic carbocycles. The van der Waals surface area contributed by atoms with E-state index in [1.807, 2.05) is 44.3 Å². The van der Waals surface area contributed by atoms with Crippen LogP contribution in [0, 0.1) is 13.8 Å². The quantitative estimate of drug-likeness (QED) is 0.444. The molecule has 0 saturated carbocycles. The van der Waals surface area contributed by atoms with Gasteiger partial charge in [0, 0.05) is 24.2 Å². The Bertz CT molecular complexity index is 1070. The SMILES string of the molecule is Cc1ccc2c(c1)C(=O)[C@]1(O[Si](C(C)C)(C(C)C)C(C)C)CCN(c3ccc(C)nc3)C1=N2. The number of aromatic nitrogens is 1. The average Bonchev–Trinajstić information content (AvgIpc) is 3.12. The summed E-state index contributed by atoms with van der Waals surface area (Å²) in [6.45, 7) is 18.3. The number of ketones is 1. The van der Waals surface area contributed by atoms with Crippen LogP contribution in [0.4, 0.5) is 11.4 Å². The van der Waals surface area contributed by atoms with Gasteiger partial charge < -0.3 is 9.33 Å². The normalized spacial score (nSPS) is 20.5. The zero-order valence-electron chi connectivity index (χ0n) is 21.3. The molecule has 1 atom stereocenters. The van der Waals surface area contributed by atoms with Crippen molar-refractivity contribution in [1.82, 2.24) is 4.98 Å². The Kier molecular flexibility index (Phi) is 6.12. The highest BCUT2D eigenvalue weighted by Gasteiger charge is 2.60. The topological polar surface area (TPSA) is 54.8 Å². The highest BCUT2D eigenvalue weighted by Crippen LogP contribution is 2.50. The van der Waals surface area contributed by atoms with Crippen molar-refractivity contribution in [3.63, 3.8) is 0 Å². The van der Waals surface area contributed by atoms with Gasteiger partial charge in [0.1, 0.15) is 5.84 Å². The Morgan fingerprint density at radius 3 is 2.24 bits per heavy atom. The molecule has 1 aromatic heterocycles. The van der Waals surface area contributed by atoms with Crippen molar-refractivity contribution in [1.29, 1.82) is 0 Å². The predicted octanol–water partition coefficient (Wildman–Crippen LogP) is 6.77. The minimum atomic E-state index is -2.37. The summed E-state index contributed by atoms with van der Waals surface area (Å²) < 4.78 is 7.36. The number of fused-ring (bicyclic) bond motifs is 2. The Morgan fingerprint density at radius 1 is 1.00 bits per heavy atom. The molecule has 2 aromatic rings. The van der Waals surface area contributed by atoms with E-state index < -0.39 is 13.9 Å². The average molecular weight is 464 g/mol. The van der Waals surface area contributed by atoms with Crippen LogP contribution in [0.25, 0.3) is 0 Å². The fraction of sp³-hybridized carbons (Fsp3) is 0.519. The summed E-state index contributed by atoms with van der Waals surface area (Å²) in [6, 6.07) is 10.0. The number of aryl methyl sites for hydroxylation is 2. The number of Topliss-reactive ketones (excluding diaryl/α,β-unsaturated/α-hetero) is 1. The molecule has 1 fully saturated rings. The first kappa shape index (κ1) is 23.8. The predicted molar refractivity (Wildman–Crippen MR) is 138 cm³/mol. The van der Waals surface area contributed by atoms with E-state index in [4.69, 9.17) is 9.42 Å². The lowest BCUT2D eigenvalue weighted by molar-refractivity contribution is 0.0622. The molecule has 33 heavy (non-hydrogen) atoms. The standard InChI is InChI=1S/C27H37N3O2Si/c1-17(2)33(18(3)4,19(5)6)32-27-13-14-30(22-11-10-21(8)28-16-22)26(27)29-24-12-9-20(7)15-23(24)25(27)31/h9-12,15-19H,13-14H2,1-8H3/t27-/m1/s1. The van der Waals surface area contributed by atoms with Crippen molar-refractivity contribution in [2.75, 3.05) is 11.4 Å². The van der Waals surface area contributed by atoms with Gasteiger partial charge in [-0.15, -0.1) is 0 Å². The second-order valence-corrected chi connectivity index (χ2v) is 16.0. The first-order chi connectivity index (χ1) is 15.5. The molecule has 2 aliphatic rings. The summed E-state index contributed by atoms with van der Waals surface area (Å²) in [4.78, 5) is 26.1. The lowest BCUT2D eigenvalue weighted by Crippen LogP contribution is -2.61. The Hall–Kier alpha value is -2.31. The van der Waals surface area contributed by atoms with Gasteiger partial charge in [0.05, 0.1) is 17.6 Å². The largest absolute Gasteiger partial charge is 0.397 e. The maximum atomic E-state index is 14.3. The van der Waals surface area contributed by atoms with E-state index >= 15 is 0 Å². The van der Waals surface area contributed by atoms with Gasteiger partial charge in [-0.1, -0.05) is 53.2 Å². The molecule has 5 nitrogen and oxygen atoms in total. The summed E-state index contributed by atoms with van der Waals surface area (Å²) in [7, 11) is -2.37. The number of amidine groups is 1. The third-order valence-electron chi connectivity index (χ3n) is 7.56. The molecule has 1 aromatic carbocycles. The van der Waals surface area contributed by atoms with Crippen LogP contribution in [-0.2, 0) is 4.43 Å². The van der Waals surface area contributed by atoms with Crippen molar-refractivity contribution in [3.8, 4) is 0 Å². The molecule has 6 heteroatoms. The molecule has 0 spiro atoms. The van der Waals surface area contributed by atoms with E-state index in [0.29, 0.717) is 35.2 Å². The van der Waals surface area contributed by atoms with Crippen LogP contribution in [0.5, 0.6) is 0 Å². The monoisotopic (exact) mass is 463 g/mol. The summed E-state index contributed by atoms with van der Waals surface area (Å²) in [5.74, 6) is 0.793. The molecule has 0 radical (unpaired) electrons. The second kappa shape index (κ2) is 8.48. The molecular weight excluding hydrogens is 426 g/mol. The molecule has 176 valence electrons. The molecular formula is C27H37N3O2Si. The summed E-state index contributed by atoms with van der Waals surface area (Å²) in [5, 5.41) is 0. The van der Waals surface area contributed by atoms with Crippen molar-refractivity contribution in [2.45, 2.75) is 84.0 Å². The van der Waals surface area contributed by atoms with Crippen molar-refractivity contribution in [2.24, 2.45) is 4.99 Å². The van der Waals surface area contributed by atoms with Gasteiger partial charge in [0.15, 0.2) is 5.60 Å². The molecule has 0 amide bonds. The lowest BCUT2D eigenvalue weighted by Gasteiger charge is -2.48. The third-order valence-corrected chi connectivity index (χ3v) is 13.7. The Morgan fingerprint density at radius 2 is 1.67 bits per heavy atom. The zero-order chi connectivity index (χ0) is 24.1. The molecule has 3 heterocycles. The highest BCUT2D eigenvalue weighted by molar-refractivity contribution is 6.78. The minimum Gasteiger partial charge on any atom is -0.397 e.